The minimum absolute atomic E-state index is 0.569. The van der Waals surface area contributed by atoms with Gasteiger partial charge in [-0.2, -0.15) is 0 Å². The minimum atomic E-state index is 0.569. The van der Waals surface area contributed by atoms with E-state index in [0.29, 0.717) is 5.92 Å². The lowest BCUT2D eigenvalue weighted by Gasteiger charge is -2.12. The van der Waals surface area contributed by atoms with Crippen LogP contribution in [-0.2, 0) is 0 Å². The molecule has 0 unspecified atom stereocenters. The van der Waals surface area contributed by atoms with Crippen LogP contribution in [0.15, 0.2) is 52.3 Å². The average molecular weight is 256 g/mol. The molecule has 0 spiro atoms. The Morgan fingerprint density at radius 1 is 0.889 bits per heavy atom. The van der Waals surface area contributed by atoms with Crippen LogP contribution in [0.4, 0.5) is 0 Å². The summed E-state index contributed by atoms with van der Waals surface area (Å²) < 4.78 is 0. The SMILES string of the molecule is Cc1cc(C)cc(Sc2ccccc2C(C)C)c1. The van der Waals surface area contributed by atoms with Crippen molar-refractivity contribution in [2.45, 2.75) is 43.4 Å². The third-order valence-electron chi connectivity index (χ3n) is 2.96. The zero-order chi connectivity index (χ0) is 13.1. The molecule has 0 aliphatic carbocycles. The summed E-state index contributed by atoms with van der Waals surface area (Å²) in [5.41, 5.74) is 4.10. The molecule has 0 N–H and O–H groups in total. The van der Waals surface area contributed by atoms with Gasteiger partial charge in [-0.1, -0.05) is 49.9 Å². The van der Waals surface area contributed by atoms with Crippen molar-refractivity contribution in [1.29, 1.82) is 0 Å². The van der Waals surface area contributed by atoms with Gasteiger partial charge in [0, 0.05) is 9.79 Å². The molecule has 2 aromatic rings. The smallest absolute Gasteiger partial charge is 0.0157 e. The summed E-state index contributed by atoms with van der Waals surface area (Å²) in [4.78, 5) is 2.71. The van der Waals surface area contributed by atoms with E-state index < -0.39 is 0 Å². The first-order valence-electron chi connectivity index (χ1n) is 6.41. The molecule has 0 aliphatic rings. The average Bonchev–Trinajstić information content (AvgIpc) is 2.27. The first-order valence-corrected chi connectivity index (χ1v) is 7.23. The van der Waals surface area contributed by atoms with Gasteiger partial charge in [0.05, 0.1) is 0 Å². The van der Waals surface area contributed by atoms with E-state index in [1.807, 2.05) is 11.8 Å². The second-order valence-electron chi connectivity index (χ2n) is 5.12. The Balaban J connectivity index is 2.34. The first-order chi connectivity index (χ1) is 8.56. The number of benzene rings is 2. The Labute approximate surface area is 114 Å². The van der Waals surface area contributed by atoms with Crippen molar-refractivity contribution in [2.75, 3.05) is 0 Å². The highest BCUT2D eigenvalue weighted by Crippen LogP contribution is 2.34. The third kappa shape index (κ3) is 3.17. The summed E-state index contributed by atoms with van der Waals surface area (Å²) in [6, 6.07) is 15.4. The topological polar surface area (TPSA) is 0 Å². The van der Waals surface area contributed by atoms with Crippen molar-refractivity contribution < 1.29 is 0 Å². The quantitative estimate of drug-likeness (QED) is 0.691. The van der Waals surface area contributed by atoms with Gasteiger partial charge in [-0.25, -0.2) is 0 Å². The molecule has 94 valence electrons. The van der Waals surface area contributed by atoms with Crippen molar-refractivity contribution in [3.8, 4) is 0 Å². The summed E-state index contributed by atoms with van der Waals surface area (Å²) in [6.07, 6.45) is 0. The van der Waals surface area contributed by atoms with Crippen molar-refractivity contribution in [1.82, 2.24) is 0 Å². The molecule has 0 bridgehead atoms. The molecule has 0 radical (unpaired) electrons. The lowest BCUT2D eigenvalue weighted by Crippen LogP contribution is -1.90. The predicted molar refractivity (Wildman–Crippen MR) is 80.6 cm³/mol. The Hall–Kier alpha value is -1.21. The molecule has 1 heteroatoms. The summed E-state index contributed by atoms with van der Waals surface area (Å²) >= 11 is 1.87. The van der Waals surface area contributed by atoms with Crippen LogP contribution in [0.5, 0.6) is 0 Å². The van der Waals surface area contributed by atoms with Crippen LogP contribution >= 0.6 is 11.8 Å². The molecule has 2 rings (SSSR count). The van der Waals surface area contributed by atoms with Crippen molar-refractivity contribution >= 4 is 11.8 Å². The Kier molecular flexibility index (Phi) is 4.13. The van der Waals surface area contributed by atoms with Crippen LogP contribution in [0.3, 0.4) is 0 Å². The fourth-order valence-electron chi connectivity index (χ4n) is 2.17. The van der Waals surface area contributed by atoms with E-state index >= 15 is 0 Å². The molecule has 0 fully saturated rings. The molecule has 0 aliphatic heterocycles. The fraction of sp³-hybridized carbons (Fsp3) is 0.294. The predicted octanol–water partition coefficient (Wildman–Crippen LogP) is 5.58. The van der Waals surface area contributed by atoms with Gasteiger partial charge in [0.15, 0.2) is 0 Å². The molecule has 0 atom stereocenters. The van der Waals surface area contributed by atoms with Gasteiger partial charge < -0.3 is 0 Å². The highest BCUT2D eigenvalue weighted by molar-refractivity contribution is 7.99. The largest absolute Gasteiger partial charge is 0.0898 e. The lowest BCUT2D eigenvalue weighted by atomic mass is 10.0. The fourth-order valence-corrected chi connectivity index (χ4v) is 3.48. The van der Waals surface area contributed by atoms with Gasteiger partial charge in [0.2, 0.25) is 0 Å². The maximum atomic E-state index is 2.26. The van der Waals surface area contributed by atoms with Crippen molar-refractivity contribution in [3.05, 3.63) is 59.2 Å². The second-order valence-corrected chi connectivity index (χ2v) is 6.23. The van der Waals surface area contributed by atoms with E-state index in [1.165, 1.54) is 26.5 Å². The monoisotopic (exact) mass is 256 g/mol. The molecule has 0 amide bonds. The summed E-state index contributed by atoms with van der Waals surface area (Å²) in [5, 5.41) is 0. The summed E-state index contributed by atoms with van der Waals surface area (Å²) in [7, 11) is 0. The standard InChI is InChI=1S/C17H20S/c1-12(2)16-7-5-6-8-17(16)18-15-10-13(3)9-14(4)11-15/h5-12H,1-4H3. The van der Waals surface area contributed by atoms with Gasteiger partial charge >= 0.3 is 0 Å². The molecule has 0 aromatic heterocycles. The number of aryl methyl sites for hydroxylation is 2. The van der Waals surface area contributed by atoms with Crippen molar-refractivity contribution in [2.24, 2.45) is 0 Å². The van der Waals surface area contributed by atoms with Crippen molar-refractivity contribution in [3.63, 3.8) is 0 Å². The molecule has 0 heterocycles. The van der Waals surface area contributed by atoms with Crippen LogP contribution < -0.4 is 0 Å². The highest BCUT2D eigenvalue weighted by Gasteiger charge is 2.07. The summed E-state index contributed by atoms with van der Waals surface area (Å²) in [5.74, 6) is 0.569. The Bertz CT molecular complexity index is 521. The van der Waals surface area contributed by atoms with Crippen LogP contribution in [0.1, 0.15) is 36.5 Å². The number of hydrogen-bond acceptors (Lipinski definition) is 1. The molecule has 0 saturated carbocycles. The van der Waals surface area contributed by atoms with E-state index in [-0.39, 0.29) is 0 Å². The van der Waals surface area contributed by atoms with E-state index in [0.717, 1.165) is 0 Å². The third-order valence-corrected chi connectivity index (χ3v) is 4.03. The molecule has 0 nitrogen and oxygen atoms in total. The molecular weight excluding hydrogens is 236 g/mol. The van der Waals surface area contributed by atoms with Gasteiger partial charge in [0.25, 0.3) is 0 Å². The normalized spacial score (nSPS) is 10.9. The number of hydrogen-bond donors (Lipinski definition) is 0. The van der Waals surface area contributed by atoms with Gasteiger partial charge in [-0.05, 0) is 54.7 Å². The first kappa shape index (κ1) is 13.2. The van der Waals surface area contributed by atoms with E-state index in [4.69, 9.17) is 0 Å². The van der Waals surface area contributed by atoms with E-state index in [2.05, 4.69) is 70.2 Å². The molecular formula is C17H20S. The van der Waals surface area contributed by atoms with Crippen LogP contribution in [0.25, 0.3) is 0 Å². The zero-order valence-corrected chi connectivity index (χ0v) is 12.3. The Morgan fingerprint density at radius 2 is 1.50 bits per heavy atom. The molecule has 18 heavy (non-hydrogen) atoms. The van der Waals surface area contributed by atoms with Gasteiger partial charge in [-0.3, -0.25) is 0 Å². The van der Waals surface area contributed by atoms with Crippen LogP contribution in [0, 0.1) is 13.8 Å². The summed E-state index contributed by atoms with van der Waals surface area (Å²) in [6.45, 7) is 8.82. The lowest BCUT2D eigenvalue weighted by molar-refractivity contribution is 0.842. The maximum absolute atomic E-state index is 2.26. The Morgan fingerprint density at radius 3 is 2.11 bits per heavy atom. The van der Waals surface area contributed by atoms with Crippen LogP contribution in [0.2, 0.25) is 0 Å². The van der Waals surface area contributed by atoms with Gasteiger partial charge in [0.1, 0.15) is 0 Å². The second kappa shape index (κ2) is 5.62. The molecule has 2 aromatic carbocycles. The maximum Gasteiger partial charge on any atom is 0.0157 e. The zero-order valence-electron chi connectivity index (χ0n) is 11.5. The van der Waals surface area contributed by atoms with E-state index in [9.17, 15) is 0 Å². The van der Waals surface area contributed by atoms with Crippen LogP contribution in [-0.4, -0.2) is 0 Å². The van der Waals surface area contributed by atoms with Gasteiger partial charge in [-0.15, -0.1) is 0 Å². The highest BCUT2D eigenvalue weighted by atomic mass is 32.2. The molecule has 0 saturated heterocycles. The van der Waals surface area contributed by atoms with E-state index in [1.54, 1.807) is 0 Å². The minimum Gasteiger partial charge on any atom is -0.0898 e. The number of rotatable bonds is 3.